The van der Waals surface area contributed by atoms with Crippen LogP contribution in [0.5, 0.6) is 0 Å². The number of carbonyl (C=O) groups excluding carboxylic acids is 1. The van der Waals surface area contributed by atoms with E-state index in [1.54, 1.807) is 0 Å². The maximum atomic E-state index is 11.4. The molecule has 1 aromatic rings. The van der Waals surface area contributed by atoms with E-state index < -0.39 is 0 Å². The molecule has 1 amide bonds. The number of nitriles is 1. The fraction of sp³-hybridized carbons (Fsp3) is 0.429. The summed E-state index contributed by atoms with van der Waals surface area (Å²) in [5.74, 6) is 0.0379. The summed E-state index contributed by atoms with van der Waals surface area (Å²) in [6.07, 6.45) is 1.66. The second-order valence-corrected chi connectivity index (χ2v) is 4.94. The van der Waals surface area contributed by atoms with Gasteiger partial charge in [0.1, 0.15) is 0 Å². The highest BCUT2D eigenvalue weighted by molar-refractivity contribution is 5.95. The van der Waals surface area contributed by atoms with Crippen LogP contribution in [0.2, 0.25) is 0 Å². The van der Waals surface area contributed by atoms with Gasteiger partial charge >= 0.3 is 0 Å². The zero-order valence-electron chi connectivity index (χ0n) is 11.2. The lowest BCUT2D eigenvalue weighted by atomic mass is 10.0. The molecule has 100 valence electrons. The molecule has 1 heterocycles. The van der Waals surface area contributed by atoms with E-state index in [1.165, 1.54) is 0 Å². The van der Waals surface area contributed by atoms with Gasteiger partial charge in [-0.15, -0.1) is 0 Å². The number of benzene rings is 1. The molecular weight excluding hydrogens is 240 g/mol. The Labute approximate surface area is 113 Å². The highest BCUT2D eigenvalue weighted by Gasteiger charge is 2.19. The van der Waals surface area contributed by atoms with Crippen LogP contribution in [-0.4, -0.2) is 19.0 Å². The lowest BCUT2D eigenvalue weighted by Crippen LogP contribution is -2.29. The van der Waals surface area contributed by atoms with Crippen molar-refractivity contribution >= 4 is 23.0 Å². The summed E-state index contributed by atoms with van der Waals surface area (Å²) in [6, 6.07) is 6.04. The lowest BCUT2D eigenvalue weighted by Gasteiger charge is -2.28. The second kappa shape index (κ2) is 5.19. The molecule has 0 spiro atoms. The van der Waals surface area contributed by atoms with Gasteiger partial charge in [-0.3, -0.25) is 4.79 Å². The van der Waals surface area contributed by atoms with Crippen LogP contribution < -0.4 is 16.0 Å². The van der Waals surface area contributed by atoms with Crippen LogP contribution in [-0.2, 0) is 11.2 Å². The van der Waals surface area contributed by atoms with Crippen LogP contribution >= 0.6 is 0 Å². The van der Waals surface area contributed by atoms with Crippen molar-refractivity contribution in [3.8, 4) is 6.07 Å². The quantitative estimate of drug-likeness (QED) is 0.811. The first kappa shape index (κ1) is 13.2. The number of carbonyl (C=O) groups is 1. The van der Waals surface area contributed by atoms with E-state index in [2.05, 4.69) is 11.4 Å². The first-order chi connectivity index (χ1) is 9.02. The Morgan fingerprint density at radius 3 is 2.95 bits per heavy atom. The summed E-state index contributed by atoms with van der Waals surface area (Å²) < 4.78 is 0. The monoisotopic (exact) mass is 258 g/mol. The third kappa shape index (κ3) is 2.63. The fourth-order valence-corrected chi connectivity index (χ4v) is 2.25. The number of hydrogen-bond acceptors (Lipinski definition) is 4. The molecule has 0 fully saturated rings. The molecule has 1 atom stereocenters. The molecule has 3 N–H and O–H groups in total. The first-order valence-electron chi connectivity index (χ1n) is 6.35. The zero-order chi connectivity index (χ0) is 14.0. The average molecular weight is 258 g/mol. The minimum Gasteiger partial charge on any atom is -0.397 e. The molecule has 1 aliphatic heterocycles. The minimum atomic E-state index is 0.0379. The second-order valence-electron chi connectivity index (χ2n) is 4.94. The van der Waals surface area contributed by atoms with Gasteiger partial charge in [0.15, 0.2) is 0 Å². The third-order valence-electron chi connectivity index (χ3n) is 3.58. The normalized spacial score (nSPS) is 15.1. The maximum absolute atomic E-state index is 11.4. The molecule has 0 saturated carbocycles. The number of aryl methyl sites for hydroxylation is 1. The minimum absolute atomic E-state index is 0.0379. The summed E-state index contributed by atoms with van der Waals surface area (Å²) >= 11 is 0. The Kier molecular flexibility index (Phi) is 3.61. The predicted molar refractivity (Wildman–Crippen MR) is 75.9 cm³/mol. The van der Waals surface area contributed by atoms with E-state index in [-0.39, 0.29) is 11.9 Å². The summed E-state index contributed by atoms with van der Waals surface area (Å²) in [5, 5.41) is 11.6. The van der Waals surface area contributed by atoms with E-state index in [0.717, 1.165) is 23.4 Å². The van der Waals surface area contributed by atoms with Crippen molar-refractivity contribution in [2.24, 2.45) is 0 Å². The molecule has 2 rings (SSSR count). The number of hydrogen-bond donors (Lipinski definition) is 2. The van der Waals surface area contributed by atoms with Crippen molar-refractivity contribution in [3.63, 3.8) is 0 Å². The van der Waals surface area contributed by atoms with Crippen LogP contribution in [0.25, 0.3) is 0 Å². The molecule has 1 aliphatic rings. The van der Waals surface area contributed by atoms with Crippen LogP contribution in [0.1, 0.15) is 25.3 Å². The molecule has 5 heteroatoms. The predicted octanol–water partition coefficient (Wildman–Crippen LogP) is 1.89. The van der Waals surface area contributed by atoms with E-state index >= 15 is 0 Å². The smallest absolute Gasteiger partial charge is 0.224 e. The van der Waals surface area contributed by atoms with Crippen LogP contribution in [0.4, 0.5) is 17.1 Å². The summed E-state index contributed by atoms with van der Waals surface area (Å²) in [5.41, 5.74) is 9.51. The largest absolute Gasteiger partial charge is 0.397 e. The summed E-state index contributed by atoms with van der Waals surface area (Å²) in [7, 11) is 1.91. The summed E-state index contributed by atoms with van der Waals surface area (Å²) in [4.78, 5) is 13.4. The Hall–Kier alpha value is -2.22. The number of rotatable bonds is 3. The molecule has 19 heavy (non-hydrogen) atoms. The Bertz CT molecular complexity index is 547. The van der Waals surface area contributed by atoms with E-state index in [0.29, 0.717) is 18.5 Å². The molecule has 0 aromatic heterocycles. The van der Waals surface area contributed by atoms with Crippen molar-refractivity contribution in [2.45, 2.75) is 32.2 Å². The standard InChI is InChI=1S/C14H18N4O/c1-9(5-6-15)18(2)13-8-12-10(7-11(13)16)3-4-14(19)17-12/h7-9H,3-5,16H2,1-2H3,(H,17,19). The van der Waals surface area contributed by atoms with Crippen LogP contribution in [0, 0.1) is 11.3 Å². The number of nitrogen functional groups attached to an aromatic ring is 1. The molecular formula is C14H18N4O. The van der Waals surface area contributed by atoms with Gasteiger partial charge in [-0.25, -0.2) is 0 Å². The molecule has 0 saturated heterocycles. The highest BCUT2D eigenvalue weighted by Crippen LogP contribution is 2.33. The lowest BCUT2D eigenvalue weighted by molar-refractivity contribution is -0.116. The third-order valence-corrected chi connectivity index (χ3v) is 3.58. The van der Waals surface area contributed by atoms with Crippen LogP contribution in [0.15, 0.2) is 12.1 Å². The SMILES string of the molecule is CC(CC#N)N(C)c1cc2c(cc1N)CCC(=O)N2. The number of nitrogens with two attached hydrogens (primary N) is 1. The Morgan fingerprint density at radius 2 is 2.26 bits per heavy atom. The van der Waals surface area contributed by atoms with Crippen molar-refractivity contribution in [1.29, 1.82) is 5.26 Å². The van der Waals surface area contributed by atoms with Crippen molar-refractivity contribution in [2.75, 3.05) is 23.0 Å². The van der Waals surface area contributed by atoms with Gasteiger partial charge in [0.05, 0.1) is 23.9 Å². The van der Waals surface area contributed by atoms with Crippen molar-refractivity contribution < 1.29 is 4.79 Å². The van der Waals surface area contributed by atoms with Gasteiger partial charge in [-0.2, -0.15) is 5.26 Å². The number of amides is 1. The average Bonchev–Trinajstić information content (AvgIpc) is 2.38. The fourth-order valence-electron chi connectivity index (χ4n) is 2.25. The number of anilines is 3. The van der Waals surface area contributed by atoms with Crippen molar-refractivity contribution in [1.82, 2.24) is 0 Å². The van der Waals surface area contributed by atoms with E-state index in [1.807, 2.05) is 31.0 Å². The molecule has 1 unspecified atom stereocenters. The van der Waals surface area contributed by atoms with Gasteiger partial charge in [-0.1, -0.05) is 0 Å². The zero-order valence-corrected chi connectivity index (χ0v) is 11.2. The molecule has 0 aliphatic carbocycles. The van der Waals surface area contributed by atoms with Gasteiger partial charge in [0.25, 0.3) is 0 Å². The highest BCUT2D eigenvalue weighted by atomic mass is 16.1. The van der Waals surface area contributed by atoms with Crippen LogP contribution in [0.3, 0.4) is 0 Å². The number of nitrogens with zero attached hydrogens (tertiary/aromatic N) is 2. The van der Waals surface area contributed by atoms with E-state index in [4.69, 9.17) is 11.0 Å². The van der Waals surface area contributed by atoms with Gasteiger partial charge in [0, 0.05) is 25.2 Å². The van der Waals surface area contributed by atoms with E-state index in [9.17, 15) is 4.79 Å². The Morgan fingerprint density at radius 1 is 1.53 bits per heavy atom. The molecule has 5 nitrogen and oxygen atoms in total. The molecule has 0 bridgehead atoms. The van der Waals surface area contributed by atoms with Crippen molar-refractivity contribution in [3.05, 3.63) is 17.7 Å². The number of fused-ring (bicyclic) bond motifs is 1. The first-order valence-corrected chi connectivity index (χ1v) is 6.35. The molecule has 0 radical (unpaired) electrons. The van der Waals surface area contributed by atoms with Gasteiger partial charge in [-0.05, 0) is 31.0 Å². The topological polar surface area (TPSA) is 82.2 Å². The van der Waals surface area contributed by atoms with Gasteiger partial charge in [0.2, 0.25) is 5.91 Å². The molecule has 1 aromatic carbocycles. The number of nitrogens with one attached hydrogen (secondary N) is 1. The summed E-state index contributed by atoms with van der Waals surface area (Å²) in [6.45, 7) is 1.97. The van der Waals surface area contributed by atoms with Gasteiger partial charge < -0.3 is 16.0 Å². The maximum Gasteiger partial charge on any atom is 0.224 e. The Balaban J connectivity index is 2.34.